The maximum Gasteiger partial charge on any atom is 0.191 e. The molecule has 1 heterocycles. The maximum absolute atomic E-state index is 12.0. The molecule has 0 bridgehead atoms. The Morgan fingerprint density at radius 2 is 1.82 bits per heavy atom. The third kappa shape index (κ3) is 1.81. The Kier molecular flexibility index (Phi) is 2.56. The molecule has 0 amide bonds. The van der Waals surface area contributed by atoms with Gasteiger partial charge in [-0.05, 0) is 23.6 Å². The van der Waals surface area contributed by atoms with Crippen molar-refractivity contribution in [3.05, 3.63) is 55.8 Å². The normalized spacial score (nSPS) is 11.2. The first-order valence-electron chi connectivity index (χ1n) is 4.95. The zero-order valence-electron chi connectivity index (χ0n) is 8.54. The summed E-state index contributed by atoms with van der Waals surface area (Å²) in [6, 6.07) is 9.13. The Balaban J connectivity index is 2.55. The predicted octanol–water partition coefficient (Wildman–Crippen LogP) is 4.42. The number of halogens is 2. The molecular weight excluding hydrogens is 348 g/mol. The largest absolute Gasteiger partial charge is 0.464 e. The highest BCUT2D eigenvalue weighted by Gasteiger charge is 2.13. The van der Waals surface area contributed by atoms with Crippen LogP contribution in [0, 0.1) is 0 Å². The van der Waals surface area contributed by atoms with E-state index in [1.165, 1.54) is 0 Å². The van der Waals surface area contributed by atoms with E-state index in [2.05, 4.69) is 31.9 Å². The van der Waals surface area contributed by atoms with Crippen LogP contribution in [0.1, 0.15) is 0 Å². The maximum atomic E-state index is 12.0. The molecule has 4 heteroatoms. The molecule has 0 spiro atoms. The summed E-state index contributed by atoms with van der Waals surface area (Å²) in [5.41, 5.74) is 0.587. The molecule has 1 aliphatic carbocycles. The summed E-state index contributed by atoms with van der Waals surface area (Å²) in [5, 5.41) is 1.82. The predicted molar refractivity (Wildman–Crippen MR) is 74.5 cm³/mol. The average molecular weight is 354 g/mol. The van der Waals surface area contributed by atoms with Crippen LogP contribution in [0.2, 0.25) is 0 Å². The van der Waals surface area contributed by atoms with Crippen LogP contribution in [0.3, 0.4) is 0 Å². The Morgan fingerprint density at radius 1 is 1.00 bits per heavy atom. The van der Waals surface area contributed by atoms with Crippen molar-refractivity contribution >= 4 is 42.6 Å². The van der Waals surface area contributed by atoms with E-state index in [0.717, 1.165) is 19.7 Å². The molecule has 0 fully saturated rings. The minimum Gasteiger partial charge on any atom is -0.464 e. The second kappa shape index (κ2) is 3.96. The first kappa shape index (κ1) is 11.0. The number of hydrogen-bond acceptors (Lipinski definition) is 2. The first-order chi connectivity index (χ1) is 8.15. The van der Waals surface area contributed by atoms with Crippen LogP contribution in [-0.4, -0.2) is 0 Å². The van der Waals surface area contributed by atoms with Crippen molar-refractivity contribution in [2.24, 2.45) is 0 Å². The van der Waals surface area contributed by atoms with Crippen molar-refractivity contribution in [3.8, 4) is 11.3 Å². The van der Waals surface area contributed by atoms with Gasteiger partial charge < -0.3 is 4.42 Å². The highest BCUT2D eigenvalue weighted by Crippen LogP contribution is 2.31. The zero-order chi connectivity index (χ0) is 12.0. The Hall–Kier alpha value is -1.13. The molecule has 1 aliphatic heterocycles. The quantitative estimate of drug-likeness (QED) is 0.560. The fraction of sp³-hybridized carbons (Fsp3) is 0. The van der Waals surface area contributed by atoms with Gasteiger partial charge in [0.1, 0.15) is 5.76 Å². The third-order valence-corrected chi connectivity index (χ3v) is 3.58. The monoisotopic (exact) mass is 352 g/mol. The molecule has 0 aromatic heterocycles. The topological polar surface area (TPSA) is 30.2 Å². The molecule has 17 heavy (non-hydrogen) atoms. The van der Waals surface area contributed by atoms with Crippen molar-refractivity contribution < 1.29 is 4.42 Å². The third-order valence-electron chi connectivity index (χ3n) is 2.63. The van der Waals surface area contributed by atoms with Crippen molar-refractivity contribution in [1.82, 2.24) is 0 Å². The summed E-state index contributed by atoms with van der Waals surface area (Å²) < 4.78 is 7.18. The number of hydrogen-bond donors (Lipinski definition) is 0. The SMILES string of the molecule is O=c1cc(Br)cc2occ3cc(Br)ccc3c1-2. The molecule has 0 unspecified atom stereocenters. The van der Waals surface area contributed by atoms with Gasteiger partial charge >= 0.3 is 0 Å². The standard InChI is InChI=1S/C13H6Br2O2/c14-8-1-2-10-7(3-8)6-17-12-5-9(15)4-11(16)13(10)12/h1-6H. The van der Waals surface area contributed by atoms with E-state index in [-0.39, 0.29) is 5.43 Å². The Bertz CT molecular complexity index is 746. The molecule has 2 nitrogen and oxygen atoms in total. The van der Waals surface area contributed by atoms with Gasteiger partial charge in [0.25, 0.3) is 0 Å². The number of rotatable bonds is 0. The van der Waals surface area contributed by atoms with Gasteiger partial charge in [0.15, 0.2) is 5.43 Å². The van der Waals surface area contributed by atoms with Crippen molar-refractivity contribution in [3.63, 3.8) is 0 Å². The highest BCUT2D eigenvalue weighted by atomic mass is 79.9. The van der Waals surface area contributed by atoms with Crippen LogP contribution in [0.4, 0.5) is 0 Å². The fourth-order valence-corrected chi connectivity index (χ4v) is 2.70. The summed E-state index contributed by atoms with van der Waals surface area (Å²) in [5.74, 6) is 0.596. The van der Waals surface area contributed by atoms with Gasteiger partial charge in [0.2, 0.25) is 0 Å². The van der Waals surface area contributed by atoms with Gasteiger partial charge in [-0.25, -0.2) is 0 Å². The minimum atomic E-state index is -0.0361. The van der Waals surface area contributed by atoms with Gasteiger partial charge in [0, 0.05) is 20.4 Å². The molecule has 2 aliphatic rings. The smallest absolute Gasteiger partial charge is 0.191 e. The van der Waals surface area contributed by atoms with Crippen molar-refractivity contribution in [1.29, 1.82) is 0 Å². The molecule has 1 aromatic rings. The zero-order valence-corrected chi connectivity index (χ0v) is 11.7. The molecule has 0 radical (unpaired) electrons. The number of benzene rings is 2. The van der Waals surface area contributed by atoms with E-state index in [4.69, 9.17) is 4.42 Å². The lowest BCUT2D eigenvalue weighted by atomic mass is 10.0. The summed E-state index contributed by atoms with van der Waals surface area (Å²) in [4.78, 5) is 12.0. The fourth-order valence-electron chi connectivity index (χ4n) is 1.90. The lowest BCUT2D eigenvalue weighted by molar-refractivity contribution is 0.572. The second-order valence-corrected chi connectivity index (χ2v) is 5.58. The van der Waals surface area contributed by atoms with Crippen LogP contribution in [0.5, 0.6) is 0 Å². The molecular formula is C13H6Br2O2. The first-order valence-corrected chi connectivity index (χ1v) is 6.54. The summed E-state index contributed by atoms with van der Waals surface area (Å²) >= 11 is 6.69. The molecule has 0 N–H and O–H groups in total. The molecule has 84 valence electrons. The Morgan fingerprint density at radius 3 is 2.65 bits per heavy atom. The Labute approximate surface area is 114 Å². The lowest BCUT2D eigenvalue weighted by Gasteiger charge is -2.08. The van der Waals surface area contributed by atoms with Crippen molar-refractivity contribution in [2.45, 2.75) is 0 Å². The van der Waals surface area contributed by atoms with E-state index in [0.29, 0.717) is 11.3 Å². The summed E-state index contributed by atoms with van der Waals surface area (Å²) in [6.45, 7) is 0. The average Bonchev–Trinajstić information content (AvgIpc) is 2.28. The van der Waals surface area contributed by atoms with Crippen LogP contribution in [0.15, 0.2) is 54.8 Å². The van der Waals surface area contributed by atoms with Crippen LogP contribution < -0.4 is 5.43 Å². The minimum absolute atomic E-state index is 0.0361. The van der Waals surface area contributed by atoms with Gasteiger partial charge in [-0.1, -0.05) is 37.9 Å². The van der Waals surface area contributed by atoms with Crippen LogP contribution >= 0.6 is 31.9 Å². The molecule has 0 atom stereocenters. The second-order valence-electron chi connectivity index (χ2n) is 3.74. The molecule has 1 aromatic carbocycles. The van der Waals surface area contributed by atoms with Crippen LogP contribution in [0.25, 0.3) is 22.1 Å². The van der Waals surface area contributed by atoms with E-state index in [9.17, 15) is 4.79 Å². The van der Waals surface area contributed by atoms with Gasteiger partial charge in [-0.2, -0.15) is 0 Å². The molecule has 0 saturated heterocycles. The van der Waals surface area contributed by atoms with Gasteiger partial charge in [-0.15, -0.1) is 0 Å². The van der Waals surface area contributed by atoms with E-state index in [1.807, 2.05) is 18.2 Å². The summed E-state index contributed by atoms with van der Waals surface area (Å²) in [7, 11) is 0. The van der Waals surface area contributed by atoms with Crippen molar-refractivity contribution in [2.75, 3.05) is 0 Å². The number of fused-ring (bicyclic) bond motifs is 3. The highest BCUT2D eigenvalue weighted by molar-refractivity contribution is 9.10. The van der Waals surface area contributed by atoms with Crippen LogP contribution in [-0.2, 0) is 0 Å². The van der Waals surface area contributed by atoms with Gasteiger partial charge in [-0.3, -0.25) is 4.79 Å². The van der Waals surface area contributed by atoms with E-state index >= 15 is 0 Å². The molecule has 3 rings (SSSR count). The van der Waals surface area contributed by atoms with E-state index < -0.39 is 0 Å². The lowest BCUT2D eigenvalue weighted by Crippen LogP contribution is -2.04. The summed E-state index contributed by atoms with van der Waals surface area (Å²) in [6.07, 6.45) is 1.66. The van der Waals surface area contributed by atoms with Gasteiger partial charge in [0.05, 0.1) is 11.8 Å². The molecule has 0 saturated carbocycles. The van der Waals surface area contributed by atoms with E-state index in [1.54, 1.807) is 18.4 Å².